The summed E-state index contributed by atoms with van der Waals surface area (Å²) < 4.78 is 6.41. The minimum atomic E-state index is 0.129. The lowest BCUT2D eigenvalue weighted by atomic mass is 9.91. The minimum Gasteiger partial charge on any atom is -0.335 e. The maximum absolute atomic E-state index is 14.1. The van der Waals surface area contributed by atoms with Crippen LogP contribution in [0.25, 0.3) is 11.6 Å². The Morgan fingerprint density at radius 1 is 0.894 bits per heavy atom. The maximum atomic E-state index is 14.1. The Bertz CT molecular complexity index is 2020. The van der Waals surface area contributed by atoms with Gasteiger partial charge in [0.15, 0.2) is 6.04 Å². The van der Waals surface area contributed by atoms with E-state index in [0.717, 1.165) is 34.3 Å². The van der Waals surface area contributed by atoms with Gasteiger partial charge in [0.1, 0.15) is 16.5 Å². The molecule has 2 atom stereocenters. The molecule has 0 radical (unpaired) electrons. The molecule has 3 aliphatic rings. The summed E-state index contributed by atoms with van der Waals surface area (Å²) >= 11 is 5.50. The summed E-state index contributed by atoms with van der Waals surface area (Å²) in [5.74, 6) is 0. The zero-order valence-electron chi connectivity index (χ0n) is 27.9. The Balaban J connectivity index is 1.34. The number of hydrogen-bond acceptors (Lipinski definition) is 5. The first kappa shape index (κ1) is 32.3. The highest BCUT2D eigenvalue weighted by molar-refractivity contribution is 8.15. The second-order valence-electron chi connectivity index (χ2n) is 12.4. The zero-order valence-corrected chi connectivity index (χ0v) is 30.3. The molecule has 242 valence electrons. The number of aryl methyl sites for hydroxylation is 1. The lowest BCUT2D eigenvalue weighted by Crippen LogP contribution is -2.32. The SMILES string of the molecule is CCC(/C=C1\Sc2c(ccc3c2CCCC3)N1CC)=c1/s/c(=C/C2=[N+](CC)[C@@H](c3ccccc3)[C@H](c3ccccc3)S2)n(CC)c1=O. The third-order valence-corrected chi connectivity index (χ3v) is 13.5. The number of anilines is 1. The number of aromatic nitrogens is 1. The highest BCUT2D eigenvalue weighted by Crippen LogP contribution is 2.50. The van der Waals surface area contributed by atoms with Gasteiger partial charge in [0.2, 0.25) is 5.04 Å². The Kier molecular flexibility index (Phi) is 9.67. The highest BCUT2D eigenvalue weighted by Gasteiger charge is 2.43. The molecule has 0 saturated heterocycles. The number of likely N-dealkylation sites (N-methyl/N-ethyl adjacent to an activating group) is 1. The molecule has 1 aromatic heterocycles. The van der Waals surface area contributed by atoms with E-state index in [4.69, 9.17) is 0 Å². The molecule has 0 saturated carbocycles. The minimum absolute atomic E-state index is 0.129. The standard InChI is InChI=1S/C40H44N3OS3/c1-5-27(25-33-41(6-2)32-24-23-28-17-15-16-22-31(28)39(32)47-33)38-40(44)43(8-4)35(46-38)26-34-42(7-3)36(29-18-11-9-12-19-29)37(45-34)30-20-13-10-14-21-30/h9-14,18-21,23-26,36-37H,5-8,15-17,22H2,1-4H3/q+1/b33-25-,38-27-/t36-,37-/m0/s1. The van der Waals surface area contributed by atoms with Crippen molar-refractivity contribution >= 4 is 57.2 Å². The molecule has 47 heavy (non-hydrogen) atoms. The second kappa shape index (κ2) is 14.1. The lowest BCUT2D eigenvalue weighted by molar-refractivity contribution is -0.562. The molecule has 7 heteroatoms. The molecular formula is C40H44N3OS3+. The Morgan fingerprint density at radius 2 is 1.62 bits per heavy atom. The first-order valence-electron chi connectivity index (χ1n) is 17.2. The predicted molar refractivity (Wildman–Crippen MR) is 203 cm³/mol. The fourth-order valence-electron chi connectivity index (χ4n) is 7.37. The number of nitrogens with zero attached hydrogens (tertiary/aromatic N) is 3. The van der Waals surface area contributed by atoms with Gasteiger partial charge in [-0.2, -0.15) is 0 Å². The van der Waals surface area contributed by atoms with Gasteiger partial charge in [-0.3, -0.25) is 9.36 Å². The molecule has 4 nitrogen and oxygen atoms in total. The fraction of sp³-hybridized carbons (Fsp3) is 0.350. The van der Waals surface area contributed by atoms with Crippen molar-refractivity contribution in [1.82, 2.24) is 4.57 Å². The van der Waals surface area contributed by atoms with E-state index in [1.54, 1.807) is 16.9 Å². The lowest BCUT2D eigenvalue weighted by Gasteiger charge is -2.21. The molecule has 0 unspecified atom stereocenters. The average molecular weight is 679 g/mol. The predicted octanol–water partition coefficient (Wildman–Crippen LogP) is 8.28. The van der Waals surface area contributed by atoms with Gasteiger partial charge >= 0.3 is 0 Å². The topological polar surface area (TPSA) is 28.2 Å². The van der Waals surface area contributed by atoms with Crippen LogP contribution in [0.5, 0.6) is 0 Å². The molecule has 0 bridgehead atoms. The fourth-order valence-corrected chi connectivity index (χ4v) is 11.6. The summed E-state index contributed by atoms with van der Waals surface area (Å²) in [6, 6.07) is 26.7. The van der Waals surface area contributed by atoms with Gasteiger partial charge in [-0.15, -0.1) is 11.3 Å². The summed E-state index contributed by atoms with van der Waals surface area (Å²) in [6.45, 7) is 11.2. The first-order chi connectivity index (χ1) is 23.1. The summed E-state index contributed by atoms with van der Waals surface area (Å²) in [6.07, 6.45) is 10.3. The second-order valence-corrected chi connectivity index (χ2v) is 15.6. The van der Waals surface area contributed by atoms with Crippen LogP contribution in [0.2, 0.25) is 0 Å². The molecular weight excluding hydrogens is 635 g/mol. The van der Waals surface area contributed by atoms with E-state index in [9.17, 15) is 4.79 Å². The Labute approximate surface area is 291 Å². The molecule has 3 heterocycles. The van der Waals surface area contributed by atoms with Gasteiger partial charge in [0, 0.05) is 23.5 Å². The average Bonchev–Trinajstić information content (AvgIpc) is 3.78. The van der Waals surface area contributed by atoms with Crippen LogP contribution in [0.3, 0.4) is 0 Å². The third-order valence-electron chi connectivity index (χ3n) is 9.75. The Hall–Kier alpha value is -3.26. The molecule has 0 N–H and O–H groups in total. The monoisotopic (exact) mass is 678 g/mol. The summed E-state index contributed by atoms with van der Waals surface area (Å²) in [7, 11) is 0. The van der Waals surface area contributed by atoms with Crippen molar-refractivity contribution in [3.8, 4) is 0 Å². The van der Waals surface area contributed by atoms with Crippen LogP contribution in [-0.2, 0) is 19.4 Å². The molecule has 4 aromatic rings. The van der Waals surface area contributed by atoms with Crippen molar-refractivity contribution in [3.63, 3.8) is 0 Å². The smallest absolute Gasteiger partial charge is 0.269 e. The van der Waals surface area contributed by atoms with Crippen LogP contribution in [0.1, 0.15) is 80.5 Å². The molecule has 3 aromatic carbocycles. The first-order valence-corrected chi connectivity index (χ1v) is 19.7. The van der Waals surface area contributed by atoms with E-state index in [-0.39, 0.29) is 16.9 Å². The molecule has 0 fully saturated rings. The molecule has 7 rings (SSSR count). The van der Waals surface area contributed by atoms with E-state index < -0.39 is 0 Å². The van der Waals surface area contributed by atoms with E-state index >= 15 is 0 Å². The van der Waals surface area contributed by atoms with Crippen molar-refractivity contribution in [2.75, 3.05) is 18.0 Å². The molecule has 0 spiro atoms. The van der Waals surface area contributed by atoms with Crippen molar-refractivity contribution in [2.24, 2.45) is 0 Å². The number of hydrogen-bond donors (Lipinski definition) is 0. The summed E-state index contributed by atoms with van der Waals surface area (Å²) in [5.41, 5.74) is 8.32. The van der Waals surface area contributed by atoms with E-state index in [1.165, 1.54) is 63.0 Å². The number of rotatable bonds is 8. The normalized spacial score (nSPS) is 21.1. The van der Waals surface area contributed by atoms with Crippen LogP contribution in [0, 0.1) is 0 Å². The number of thioether (sulfide) groups is 2. The van der Waals surface area contributed by atoms with E-state index in [0.29, 0.717) is 6.54 Å². The number of benzene rings is 3. The van der Waals surface area contributed by atoms with Crippen molar-refractivity contribution in [3.05, 3.63) is 126 Å². The van der Waals surface area contributed by atoms with Crippen molar-refractivity contribution in [2.45, 2.75) is 82.5 Å². The van der Waals surface area contributed by atoms with Gasteiger partial charge in [-0.1, -0.05) is 85.4 Å². The molecule has 1 aliphatic carbocycles. The van der Waals surface area contributed by atoms with Crippen LogP contribution < -0.4 is 19.7 Å². The summed E-state index contributed by atoms with van der Waals surface area (Å²) in [5, 5.41) is 2.74. The summed E-state index contributed by atoms with van der Waals surface area (Å²) in [4.78, 5) is 18.0. The number of thiazole rings is 1. The van der Waals surface area contributed by atoms with Crippen LogP contribution in [-0.4, -0.2) is 27.3 Å². The van der Waals surface area contributed by atoms with Gasteiger partial charge in [-0.25, -0.2) is 4.58 Å². The van der Waals surface area contributed by atoms with Crippen molar-refractivity contribution < 1.29 is 4.58 Å². The van der Waals surface area contributed by atoms with Gasteiger partial charge in [0.25, 0.3) is 5.56 Å². The molecule has 2 aliphatic heterocycles. The molecule has 0 amide bonds. The zero-order chi connectivity index (χ0) is 32.5. The van der Waals surface area contributed by atoms with E-state index in [1.807, 2.05) is 28.1 Å². The maximum Gasteiger partial charge on any atom is 0.269 e. The third kappa shape index (κ3) is 6.00. The van der Waals surface area contributed by atoms with Gasteiger partial charge in [-0.05, 0) is 99.0 Å². The van der Waals surface area contributed by atoms with Crippen molar-refractivity contribution in [1.29, 1.82) is 0 Å². The Morgan fingerprint density at radius 3 is 2.30 bits per heavy atom. The quantitative estimate of drug-likeness (QED) is 0.176. The van der Waals surface area contributed by atoms with Crippen LogP contribution >= 0.6 is 34.9 Å². The van der Waals surface area contributed by atoms with Gasteiger partial charge in [0.05, 0.1) is 21.3 Å². The van der Waals surface area contributed by atoms with Crippen LogP contribution in [0.4, 0.5) is 5.69 Å². The van der Waals surface area contributed by atoms with Gasteiger partial charge < -0.3 is 4.90 Å². The number of fused-ring (bicyclic) bond motifs is 3. The highest BCUT2D eigenvalue weighted by atomic mass is 32.2. The largest absolute Gasteiger partial charge is 0.335 e. The van der Waals surface area contributed by atoms with Crippen LogP contribution in [0.15, 0.2) is 93.6 Å². The van der Waals surface area contributed by atoms with E-state index in [2.05, 4.69) is 122 Å². The number of allylic oxidation sites excluding steroid dienone is 1.